The lowest BCUT2D eigenvalue weighted by Gasteiger charge is -2.31. The predicted octanol–water partition coefficient (Wildman–Crippen LogP) is 4.06. The average molecular weight is 279 g/mol. The smallest absolute Gasteiger partial charge is 0.165 e. The van der Waals surface area contributed by atoms with Crippen LogP contribution in [0.25, 0.3) is 0 Å². The molecule has 2 rings (SSSR count). The van der Waals surface area contributed by atoms with Crippen LogP contribution in [-0.2, 0) is 6.42 Å². The Morgan fingerprint density at radius 2 is 2.10 bits per heavy atom. The second-order valence-electron chi connectivity index (χ2n) is 6.06. The SMILES string of the molecule is CCC1CCCCC1Oc1ccc(CC(C)N)cc1F. The van der Waals surface area contributed by atoms with Crippen molar-refractivity contribution in [1.82, 2.24) is 0 Å². The minimum atomic E-state index is -0.261. The minimum absolute atomic E-state index is 0.0454. The second-order valence-corrected chi connectivity index (χ2v) is 6.06. The molecule has 0 amide bonds. The van der Waals surface area contributed by atoms with Crippen molar-refractivity contribution in [3.8, 4) is 5.75 Å². The van der Waals surface area contributed by atoms with Crippen molar-refractivity contribution in [3.05, 3.63) is 29.6 Å². The van der Waals surface area contributed by atoms with E-state index < -0.39 is 0 Å². The highest BCUT2D eigenvalue weighted by molar-refractivity contribution is 5.30. The number of rotatable bonds is 5. The van der Waals surface area contributed by atoms with E-state index in [2.05, 4.69) is 6.92 Å². The molecule has 1 aromatic carbocycles. The molecule has 0 aliphatic heterocycles. The number of hydrogen-bond acceptors (Lipinski definition) is 2. The molecule has 0 bridgehead atoms. The monoisotopic (exact) mass is 279 g/mol. The van der Waals surface area contributed by atoms with Gasteiger partial charge in [0, 0.05) is 6.04 Å². The van der Waals surface area contributed by atoms with E-state index in [-0.39, 0.29) is 18.0 Å². The maximum absolute atomic E-state index is 14.1. The Labute approximate surface area is 121 Å². The minimum Gasteiger partial charge on any atom is -0.487 e. The van der Waals surface area contributed by atoms with Gasteiger partial charge in [0.2, 0.25) is 0 Å². The molecule has 1 aromatic rings. The molecule has 20 heavy (non-hydrogen) atoms. The van der Waals surface area contributed by atoms with Gasteiger partial charge in [0.15, 0.2) is 11.6 Å². The van der Waals surface area contributed by atoms with Gasteiger partial charge in [0.05, 0.1) is 0 Å². The quantitative estimate of drug-likeness (QED) is 0.882. The Bertz CT molecular complexity index is 433. The van der Waals surface area contributed by atoms with Gasteiger partial charge in [-0.1, -0.05) is 19.4 Å². The molecule has 0 spiro atoms. The van der Waals surface area contributed by atoms with Crippen molar-refractivity contribution in [3.63, 3.8) is 0 Å². The van der Waals surface area contributed by atoms with E-state index in [1.807, 2.05) is 13.0 Å². The van der Waals surface area contributed by atoms with Crippen LogP contribution >= 0.6 is 0 Å². The van der Waals surface area contributed by atoms with Gasteiger partial charge in [0.25, 0.3) is 0 Å². The number of nitrogens with two attached hydrogens (primary N) is 1. The fourth-order valence-electron chi connectivity index (χ4n) is 3.10. The summed E-state index contributed by atoms with van der Waals surface area (Å²) in [5.74, 6) is 0.694. The number of ether oxygens (including phenoxy) is 1. The number of halogens is 1. The number of benzene rings is 1. The molecule has 1 fully saturated rings. The summed E-state index contributed by atoms with van der Waals surface area (Å²) in [5.41, 5.74) is 6.68. The standard InChI is InChI=1S/C17H26FNO/c1-3-14-6-4-5-7-16(14)20-17-9-8-13(10-12(2)19)11-15(17)18/h8-9,11-12,14,16H,3-7,10,19H2,1-2H3. The van der Waals surface area contributed by atoms with E-state index in [1.54, 1.807) is 12.1 Å². The van der Waals surface area contributed by atoms with Crippen molar-refractivity contribution in [2.24, 2.45) is 11.7 Å². The van der Waals surface area contributed by atoms with Gasteiger partial charge in [-0.05, 0) is 62.6 Å². The van der Waals surface area contributed by atoms with E-state index in [0.717, 1.165) is 18.4 Å². The van der Waals surface area contributed by atoms with Crippen LogP contribution in [0.5, 0.6) is 5.75 Å². The summed E-state index contributed by atoms with van der Waals surface area (Å²) < 4.78 is 20.1. The van der Waals surface area contributed by atoms with Gasteiger partial charge in [-0.2, -0.15) is 0 Å². The van der Waals surface area contributed by atoms with Gasteiger partial charge in [0.1, 0.15) is 6.10 Å². The largest absolute Gasteiger partial charge is 0.487 e. The van der Waals surface area contributed by atoms with Crippen LogP contribution in [0.2, 0.25) is 0 Å². The Morgan fingerprint density at radius 1 is 1.35 bits per heavy atom. The first-order valence-electron chi connectivity index (χ1n) is 7.80. The lowest BCUT2D eigenvalue weighted by molar-refractivity contribution is 0.0863. The highest BCUT2D eigenvalue weighted by atomic mass is 19.1. The van der Waals surface area contributed by atoms with Crippen molar-refractivity contribution in [1.29, 1.82) is 0 Å². The molecule has 0 heterocycles. The van der Waals surface area contributed by atoms with Gasteiger partial charge >= 0.3 is 0 Å². The molecule has 1 aliphatic rings. The Kier molecular flexibility index (Phi) is 5.41. The fourth-order valence-corrected chi connectivity index (χ4v) is 3.10. The van der Waals surface area contributed by atoms with E-state index in [1.165, 1.54) is 19.3 Å². The molecular formula is C17H26FNO. The predicted molar refractivity (Wildman–Crippen MR) is 80.4 cm³/mol. The number of hydrogen-bond donors (Lipinski definition) is 1. The maximum atomic E-state index is 14.1. The molecule has 3 heteroatoms. The van der Waals surface area contributed by atoms with Crippen LogP contribution in [-0.4, -0.2) is 12.1 Å². The third kappa shape index (κ3) is 3.95. The van der Waals surface area contributed by atoms with Crippen LogP contribution in [0.15, 0.2) is 18.2 Å². The van der Waals surface area contributed by atoms with E-state index in [4.69, 9.17) is 10.5 Å². The normalized spacial score (nSPS) is 24.4. The molecule has 0 saturated heterocycles. The van der Waals surface area contributed by atoms with E-state index in [0.29, 0.717) is 18.1 Å². The topological polar surface area (TPSA) is 35.2 Å². The zero-order chi connectivity index (χ0) is 14.5. The summed E-state index contributed by atoms with van der Waals surface area (Å²) in [4.78, 5) is 0. The van der Waals surface area contributed by atoms with Crippen molar-refractivity contribution in [2.75, 3.05) is 0 Å². The zero-order valence-electron chi connectivity index (χ0n) is 12.6. The molecule has 2 N–H and O–H groups in total. The van der Waals surface area contributed by atoms with E-state index >= 15 is 0 Å². The molecule has 3 atom stereocenters. The molecule has 2 nitrogen and oxygen atoms in total. The van der Waals surface area contributed by atoms with E-state index in [9.17, 15) is 4.39 Å². The Morgan fingerprint density at radius 3 is 2.75 bits per heavy atom. The Hall–Kier alpha value is -1.09. The summed E-state index contributed by atoms with van der Waals surface area (Å²) >= 11 is 0. The molecule has 0 radical (unpaired) electrons. The van der Waals surface area contributed by atoms with Crippen LogP contribution in [0.4, 0.5) is 4.39 Å². The highest BCUT2D eigenvalue weighted by Gasteiger charge is 2.26. The first-order chi connectivity index (χ1) is 9.60. The summed E-state index contributed by atoms with van der Waals surface area (Å²) in [6.45, 7) is 4.12. The van der Waals surface area contributed by atoms with Crippen LogP contribution in [0.3, 0.4) is 0 Å². The molecule has 112 valence electrons. The average Bonchev–Trinajstić information content (AvgIpc) is 2.42. The van der Waals surface area contributed by atoms with Gasteiger partial charge in [-0.15, -0.1) is 0 Å². The first kappa shape index (κ1) is 15.3. The highest BCUT2D eigenvalue weighted by Crippen LogP contribution is 2.31. The summed E-state index contributed by atoms with van der Waals surface area (Å²) in [7, 11) is 0. The zero-order valence-corrected chi connectivity index (χ0v) is 12.6. The molecular weight excluding hydrogens is 253 g/mol. The molecule has 1 aliphatic carbocycles. The first-order valence-corrected chi connectivity index (χ1v) is 7.80. The molecule has 1 saturated carbocycles. The van der Waals surface area contributed by atoms with Gasteiger partial charge in [-0.25, -0.2) is 4.39 Å². The Balaban J connectivity index is 2.05. The van der Waals surface area contributed by atoms with Crippen LogP contribution in [0.1, 0.15) is 51.5 Å². The van der Waals surface area contributed by atoms with Gasteiger partial charge in [-0.3, -0.25) is 0 Å². The molecule has 3 unspecified atom stereocenters. The summed E-state index contributed by atoms with van der Waals surface area (Å²) in [6, 6.07) is 5.28. The third-order valence-corrected chi connectivity index (χ3v) is 4.20. The van der Waals surface area contributed by atoms with Crippen molar-refractivity contribution >= 4 is 0 Å². The van der Waals surface area contributed by atoms with Gasteiger partial charge < -0.3 is 10.5 Å². The summed E-state index contributed by atoms with van der Waals surface area (Å²) in [5, 5.41) is 0. The van der Waals surface area contributed by atoms with Crippen molar-refractivity contribution in [2.45, 2.75) is 64.5 Å². The lowest BCUT2D eigenvalue weighted by atomic mass is 9.85. The van der Waals surface area contributed by atoms with Crippen LogP contribution in [0, 0.1) is 11.7 Å². The molecule has 0 aromatic heterocycles. The second kappa shape index (κ2) is 7.07. The maximum Gasteiger partial charge on any atom is 0.165 e. The fraction of sp³-hybridized carbons (Fsp3) is 0.647. The lowest BCUT2D eigenvalue weighted by Crippen LogP contribution is -2.30. The van der Waals surface area contributed by atoms with Crippen molar-refractivity contribution < 1.29 is 9.13 Å². The van der Waals surface area contributed by atoms with Crippen LogP contribution < -0.4 is 10.5 Å². The summed E-state index contributed by atoms with van der Waals surface area (Å²) in [6.07, 6.45) is 6.67. The third-order valence-electron chi connectivity index (χ3n) is 4.20.